The number of carbonyl (C=O) groups excluding carboxylic acids is 1. The van der Waals surface area contributed by atoms with Gasteiger partial charge in [0.05, 0.1) is 11.6 Å². The Bertz CT molecular complexity index is 476. The van der Waals surface area contributed by atoms with Gasteiger partial charge in [0, 0.05) is 36.3 Å². The number of ether oxygens (including phenoxy) is 1. The van der Waals surface area contributed by atoms with E-state index in [9.17, 15) is 4.79 Å². The third kappa shape index (κ3) is 4.55. The van der Waals surface area contributed by atoms with Gasteiger partial charge in [-0.1, -0.05) is 0 Å². The van der Waals surface area contributed by atoms with Gasteiger partial charge in [0.25, 0.3) is 5.91 Å². The topological polar surface area (TPSA) is 62.1 Å². The van der Waals surface area contributed by atoms with E-state index in [1.165, 1.54) is 0 Å². The van der Waals surface area contributed by atoms with Crippen molar-refractivity contribution in [2.24, 2.45) is 0 Å². The number of nitrogens with zero attached hydrogens (tertiary/aromatic N) is 1. The smallest absolute Gasteiger partial charge is 0.251 e. The number of hydrogen-bond donors (Lipinski definition) is 1. The highest BCUT2D eigenvalue weighted by Gasteiger charge is 2.13. The Morgan fingerprint density at radius 3 is 2.70 bits per heavy atom. The predicted molar refractivity (Wildman–Crippen MR) is 79.8 cm³/mol. The molecule has 0 bridgehead atoms. The number of rotatable bonds is 5. The van der Waals surface area contributed by atoms with Crippen molar-refractivity contribution in [2.45, 2.75) is 18.1 Å². The molecule has 0 saturated carbocycles. The minimum absolute atomic E-state index is 0.0814. The summed E-state index contributed by atoms with van der Waals surface area (Å²) in [6.07, 6.45) is 2.21. The fourth-order valence-electron chi connectivity index (χ4n) is 2.03. The SMILES string of the molecule is N#Cc1ccc(C(=O)NCCSC2CCOCC2)cc1. The lowest BCUT2D eigenvalue weighted by atomic mass is 10.1. The number of carbonyl (C=O) groups is 1. The van der Waals surface area contributed by atoms with Crippen LogP contribution in [-0.4, -0.2) is 36.7 Å². The molecule has 1 N–H and O–H groups in total. The van der Waals surface area contributed by atoms with E-state index in [-0.39, 0.29) is 5.91 Å². The number of nitriles is 1. The van der Waals surface area contributed by atoms with Crippen molar-refractivity contribution in [2.75, 3.05) is 25.5 Å². The first-order valence-electron chi connectivity index (χ1n) is 6.77. The molecule has 0 atom stereocenters. The van der Waals surface area contributed by atoms with Gasteiger partial charge in [-0.15, -0.1) is 0 Å². The molecule has 1 saturated heterocycles. The highest BCUT2D eigenvalue weighted by Crippen LogP contribution is 2.21. The Kier molecular flexibility index (Phi) is 5.90. The maximum absolute atomic E-state index is 11.9. The molecule has 0 aromatic heterocycles. The van der Waals surface area contributed by atoms with Crippen LogP contribution in [0, 0.1) is 11.3 Å². The lowest BCUT2D eigenvalue weighted by Gasteiger charge is -2.21. The Balaban J connectivity index is 1.67. The lowest BCUT2D eigenvalue weighted by Crippen LogP contribution is -2.27. The molecule has 0 unspecified atom stereocenters. The minimum Gasteiger partial charge on any atom is -0.381 e. The number of nitrogens with one attached hydrogen (secondary N) is 1. The maximum Gasteiger partial charge on any atom is 0.251 e. The van der Waals surface area contributed by atoms with Crippen LogP contribution in [0.25, 0.3) is 0 Å². The summed E-state index contributed by atoms with van der Waals surface area (Å²) in [5, 5.41) is 12.3. The summed E-state index contributed by atoms with van der Waals surface area (Å²) in [4.78, 5) is 11.9. The van der Waals surface area contributed by atoms with Crippen LogP contribution >= 0.6 is 11.8 Å². The van der Waals surface area contributed by atoms with E-state index < -0.39 is 0 Å². The molecule has 0 radical (unpaired) electrons. The molecule has 2 rings (SSSR count). The largest absolute Gasteiger partial charge is 0.381 e. The van der Waals surface area contributed by atoms with E-state index in [1.807, 2.05) is 17.8 Å². The number of thioether (sulfide) groups is 1. The molecule has 1 aromatic rings. The molecule has 1 aliphatic heterocycles. The predicted octanol–water partition coefficient (Wildman–Crippen LogP) is 2.20. The summed E-state index contributed by atoms with van der Waals surface area (Å²) < 4.78 is 5.31. The van der Waals surface area contributed by atoms with Crippen LogP contribution in [0.1, 0.15) is 28.8 Å². The summed E-state index contributed by atoms with van der Waals surface area (Å²) in [6, 6.07) is 8.71. The first-order chi connectivity index (χ1) is 9.79. The van der Waals surface area contributed by atoms with Crippen molar-refractivity contribution in [3.63, 3.8) is 0 Å². The molecule has 1 amide bonds. The van der Waals surface area contributed by atoms with Crippen molar-refractivity contribution in [3.05, 3.63) is 35.4 Å². The van der Waals surface area contributed by atoms with Crippen LogP contribution in [0.4, 0.5) is 0 Å². The average Bonchev–Trinajstić information content (AvgIpc) is 2.52. The van der Waals surface area contributed by atoms with Crippen molar-refractivity contribution in [1.29, 1.82) is 5.26 Å². The lowest BCUT2D eigenvalue weighted by molar-refractivity contribution is 0.0955. The molecular formula is C15H18N2O2S. The zero-order chi connectivity index (χ0) is 14.2. The Hall–Kier alpha value is -1.51. The first-order valence-corrected chi connectivity index (χ1v) is 7.82. The quantitative estimate of drug-likeness (QED) is 0.845. The van der Waals surface area contributed by atoms with Crippen LogP contribution in [0.15, 0.2) is 24.3 Å². The summed E-state index contributed by atoms with van der Waals surface area (Å²) in [7, 11) is 0. The summed E-state index contributed by atoms with van der Waals surface area (Å²) in [6.45, 7) is 2.38. The van der Waals surface area contributed by atoms with Crippen LogP contribution in [0.5, 0.6) is 0 Å². The van der Waals surface area contributed by atoms with E-state index in [0.29, 0.717) is 22.9 Å². The minimum atomic E-state index is -0.0814. The third-order valence-corrected chi connectivity index (χ3v) is 4.57. The van der Waals surface area contributed by atoms with Gasteiger partial charge in [-0.25, -0.2) is 0 Å². The molecule has 1 fully saturated rings. The van der Waals surface area contributed by atoms with Crippen LogP contribution in [0.2, 0.25) is 0 Å². The van der Waals surface area contributed by atoms with Crippen LogP contribution in [-0.2, 0) is 4.74 Å². The van der Waals surface area contributed by atoms with E-state index >= 15 is 0 Å². The fourth-order valence-corrected chi connectivity index (χ4v) is 3.11. The Morgan fingerprint density at radius 2 is 2.05 bits per heavy atom. The molecule has 1 aromatic carbocycles. The molecule has 4 nitrogen and oxygen atoms in total. The van der Waals surface area contributed by atoms with Crippen molar-refractivity contribution in [3.8, 4) is 6.07 Å². The van der Waals surface area contributed by atoms with Gasteiger partial charge < -0.3 is 10.1 Å². The molecule has 1 aliphatic rings. The second-order valence-electron chi connectivity index (χ2n) is 4.63. The van der Waals surface area contributed by atoms with Gasteiger partial charge in [-0.3, -0.25) is 4.79 Å². The maximum atomic E-state index is 11.9. The molecule has 0 spiro atoms. The van der Waals surface area contributed by atoms with Crippen LogP contribution < -0.4 is 5.32 Å². The number of amides is 1. The zero-order valence-electron chi connectivity index (χ0n) is 11.3. The highest BCUT2D eigenvalue weighted by atomic mass is 32.2. The van der Waals surface area contributed by atoms with Gasteiger partial charge in [-0.05, 0) is 37.1 Å². The van der Waals surface area contributed by atoms with Crippen molar-refractivity contribution < 1.29 is 9.53 Å². The fraction of sp³-hybridized carbons (Fsp3) is 0.467. The van der Waals surface area contributed by atoms with Gasteiger partial charge in [0.2, 0.25) is 0 Å². The van der Waals surface area contributed by atoms with Crippen LogP contribution in [0.3, 0.4) is 0 Å². The summed E-state index contributed by atoms with van der Waals surface area (Å²) in [5.74, 6) is 0.842. The number of hydrogen-bond acceptors (Lipinski definition) is 4. The normalized spacial score (nSPS) is 15.6. The second-order valence-corrected chi connectivity index (χ2v) is 6.04. The molecule has 0 aliphatic carbocycles. The summed E-state index contributed by atoms with van der Waals surface area (Å²) in [5.41, 5.74) is 1.16. The summed E-state index contributed by atoms with van der Waals surface area (Å²) >= 11 is 1.90. The molecule has 106 valence electrons. The van der Waals surface area contributed by atoms with Crippen molar-refractivity contribution >= 4 is 17.7 Å². The first kappa shape index (κ1) is 14.9. The van der Waals surface area contributed by atoms with Crippen molar-refractivity contribution in [1.82, 2.24) is 5.32 Å². The zero-order valence-corrected chi connectivity index (χ0v) is 12.1. The Morgan fingerprint density at radius 1 is 1.35 bits per heavy atom. The van der Waals surface area contributed by atoms with E-state index in [0.717, 1.165) is 31.8 Å². The van der Waals surface area contributed by atoms with E-state index in [4.69, 9.17) is 10.00 Å². The number of benzene rings is 1. The third-order valence-electron chi connectivity index (χ3n) is 3.19. The molecular weight excluding hydrogens is 272 g/mol. The molecule has 20 heavy (non-hydrogen) atoms. The molecule has 1 heterocycles. The molecule has 5 heteroatoms. The average molecular weight is 290 g/mol. The Labute approximate surface area is 123 Å². The van der Waals surface area contributed by atoms with E-state index in [1.54, 1.807) is 24.3 Å². The van der Waals surface area contributed by atoms with Gasteiger partial charge in [0.15, 0.2) is 0 Å². The van der Waals surface area contributed by atoms with Gasteiger partial charge >= 0.3 is 0 Å². The van der Waals surface area contributed by atoms with E-state index in [2.05, 4.69) is 5.32 Å². The van der Waals surface area contributed by atoms with Gasteiger partial charge in [0.1, 0.15) is 0 Å². The standard InChI is InChI=1S/C15H18N2O2S/c16-11-12-1-3-13(4-2-12)15(18)17-7-10-20-14-5-8-19-9-6-14/h1-4,14H,5-10H2,(H,17,18). The highest BCUT2D eigenvalue weighted by molar-refractivity contribution is 7.99. The van der Waals surface area contributed by atoms with Gasteiger partial charge in [-0.2, -0.15) is 17.0 Å². The second kappa shape index (κ2) is 7.93. The monoisotopic (exact) mass is 290 g/mol.